The van der Waals surface area contributed by atoms with Crippen molar-refractivity contribution >= 4 is 51.9 Å². The van der Waals surface area contributed by atoms with Gasteiger partial charge in [0.2, 0.25) is 11.8 Å². The van der Waals surface area contributed by atoms with E-state index >= 15 is 0 Å². The number of imide groups is 1. The summed E-state index contributed by atoms with van der Waals surface area (Å²) in [5.41, 5.74) is 2.08. The van der Waals surface area contributed by atoms with E-state index in [0.29, 0.717) is 36.2 Å². The van der Waals surface area contributed by atoms with Crippen LogP contribution in [0.5, 0.6) is 0 Å². The fourth-order valence-electron chi connectivity index (χ4n) is 3.52. The van der Waals surface area contributed by atoms with E-state index in [2.05, 4.69) is 0 Å². The van der Waals surface area contributed by atoms with Gasteiger partial charge in [-0.15, -0.1) is 0 Å². The van der Waals surface area contributed by atoms with Crippen LogP contribution >= 0.6 is 24.0 Å². The van der Waals surface area contributed by atoms with Crippen molar-refractivity contribution in [2.45, 2.75) is 51.9 Å². The molecule has 0 aromatic heterocycles. The number of rotatable bonds is 2. The summed E-state index contributed by atoms with van der Waals surface area (Å²) in [6.07, 6.45) is -0.194. The third-order valence-corrected chi connectivity index (χ3v) is 7.01. The lowest BCUT2D eigenvalue weighted by atomic mass is 10.1. The van der Waals surface area contributed by atoms with Gasteiger partial charge in [-0.1, -0.05) is 36.1 Å². The summed E-state index contributed by atoms with van der Waals surface area (Å²) in [6.45, 7) is 11.5. The second-order valence-corrected chi connectivity index (χ2v) is 10.7. The van der Waals surface area contributed by atoms with Gasteiger partial charge in [0, 0.05) is 32.6 Å². The predicted octanol–water partition coefficient (Wildman–Crippen LogP) is 3.51. The lowest BCUT2D eigenvalue weighted by Gasteiger charge is -2.36. The van der Waals surface area contributed by atoms with Gasteiger partial charge in [-0.3, -0.25) is 9.59 Å². The summed E-state index contributed by atoms with van der Waals surface area (Å²) in [7, 11) is 0. The first-order valence-corrected chi connectivity index (χ1v) is 11.6. The first-order valence-electron chi connectivity index (χ1n) is 10.3. The molecule has 3 rings (SSSR count). The molecule has 2 aliphatic rings. The Kier molecular flexibility index (Phi) is 6.95. The van der Waals surface area contributed by atoms with Crippen LogP contribution in [0, 0.1) is 13.8 Å². The number of carbonyl (C=O) groups is 3. The second kappa shape index (κ2) is 9.16. The zero-order valence-corrected chi connectivity index (χ0v) is 20.3. The molecule has 2 aliphatic heterocycles. The van der Waals surface area contributed by atoms with Gasteiger partial charge in [-0.05, 0) is 51.8 Å². The normalized spacial score (nSPS) is 19.8. The number of piperazine rings is 1. The topological polar surface area (TPSA) is 70.2 Å². The van der Waals surface area contributed by atoms with Crippen molar-refractivity contribution in [1.29, 1.82) is 0 Å². The summed E-state index contributed by atoms with van der Waals surface area (Å²) >= 11 is 6.83. The first kappa shape index (κ1) is 23.5. The van der Waals surface area contributed by atoms with Crippen molar-refractivity contribution in [3.63, 3.8) is 0 Å². The van der Waals surface area contributed by atoms with Gasteiger partial charge in [0.25, 0.3) is 0 Å². The van der Waals surface area contributed by atoms with Crippen molar-refractivity contribution in [2.75, 3.05) is 31.1 Å². The number of thioether (sulfide) groups is 1. The van der Waals surface area contributed by atoms with Crippen molar-refractivity contribution in [3.8, 4) is 0 Å². The van der Waals surface area contributed by atoms with E-state index in [1.54, 1.807) is 11.0 Å². The Balaban J connectivity index is 1.58. The molecule has 0 unspecified atom stereocenters. The van der Waals surface area contributed by atoms with Gasteiger partial charge in [-0.25, -0.2) is 9.69 Å². The lowest BCUT2D eigenvalue weighted by Crippen LogP contribution is -2.51. The molecule has 0 spiro atoms. The highest BCUT2D eigenvalue weighted by molar-refractivity contribution is 8.23. The molecule has 1 aromatic rings. The monoisotopic (exact) mass is 463 g/mol. The van der Waals surface area contributed by atoms with Crippen LogP contribution in [0.2, 0.25) is 0 Å². The van der Waals surface area contributed by atoms with E-state index in [1.165, 1.54) is 16.7 Å². The van der Waals surface area contributed by atoms with E-state index in [0.717, 1.165) is 11.1 Å². The summed E-state index contributed by atoms with van der Waals surface area (Å²) in [5, 5.41) is -0.524. The molecule has 168 valence electrons. The molecule has 0 bridgehead atoms. The van der Waals surface area contributed by atoms with E-state index in [9.17, 15) is 14.4 Å². The molecule has 2 heterocycles. The largest absolute Gasteiger partial charge is 0.444 e. The third-order valence-electron chi connectivity index (χ3n) is 5.35. The molecule has 0 saturated carbocycles. The summed E-state index contributed by atoms with van der Waals surface area (Å²) in [4.78, 5) is 42.8. The maximum atomic E-state index is 13.0. The van der Waals surface area contributed by atoms with Gasteiger partial charge in [0.1, 0.15) is 15.2 Å². The Labute approximate surface area is 193 Å². The quantitative estimate of drug-likeness (QED) is 0.491. The number of anilines is 1. The molecule has 2 fully saturated rings. The Morgan fingerprint density at radius 1 is 1.10 bits per heavy atom. The van der Waals surface area contributed by atoms with Crippen molar-refractivity contribution in [3.05, 3.63) is 29.3 Å². The Morgan fingerprint density at radius 3 is 2.32 bits per heavy atom. The van der Waals surface area contributed by atoms with E-state index in [4.69, 9.17) is 17.0 Å². The zero-order chi connectivity index (χ0) is 22.9. The fraction of sp³-hybridized carbons (Fsp3) is 0.545. The van der Waals surface area contributed by atoms with E-state index in [1.807, 2.05) is 51.7 Å². The number of hydrogen-bond donors (Lipinski definition) is 0. The van der Waals surface area contributed by atoms with E-state index < -0.39 is 10.9 Å². The number of carbonyl (C=O) groups excluding carboxylic acids is 3. The second-order valence-electron chi connectivity index (χ2n) is 8.82. The van der Waals surface area contributed by atoms with Gasteiger partial charge < -0.3 is 14.5 Å². The van der Waals surface area contributed by atoms with Gasteiger partial charge in [-0.2, -0.15) is 0 Å². The molecule has 31 heavy (non-hydrogen) atoms. The molecule has 1 atom stereocenters. The highest BCUT2D eigenvalue weighted by Gasteiger charge is 2.42. The predicted molar refractivity (Wildman–Crippen MR) is 126 cm³/mol. The molecular formula is C22H29N3O4S2. The van der Waals surface area contributed by atoms with E-state index in [-0.39, 0.29) is 24.3 Å². The SMILES string of the molecule is Cc1cccc(N2C(=O)C[C@H](SC(=S)N3CCN(C(=O)OC(C)(C)C)CC3)C2=O)c1C. The standard InChI is InChI=1S/C22H29N3O4S2/c1-14-7-6-8-16(15(14)2)25-18(26)13-17(19(25)27)31-21(30)24-11-9-23(10-12-24)20(28)29-22(3,4)5/h6-8,17H,9-13H2,1-5H3/t17-/m0/s1. The average molecular weight is 464 g/mol. The fourth-order valence-corrected chi connectivity index (χ4v) is 5.06. The van der Waals surface area contributed by atoms with Crippen LogP contribution in [0.15, 0.2) is 18.2 Å². The molecule has 7 nitrogen and oxygen atoms in total. The van der Waals surface area contributed by atoms with Crippen LogP contribution in [0.1, 0.15) is 38.3 Å². The number of benzene rings is 1. The molecular weight excluding hydrogens is 434 g/mol. The minimum Gasteiger partial charge on any atom is -0.444 e. The highest BCUT2D eigenvalue weighted by atomic mass is 32.2. The minimum atomic E-state index is -0.531. The first-order chi connectivity index (χ1) is 14.5. The van der Waals surface area contributed by atoms with Crippen LogP contribution < -0.4 is 4.90 Å². The number of hydrogen-bond acceptors (Lipinski definition) is 6. The van der Waals surface area contributed by atoms with Gasteiger partial charge in [0.15, 0.2) is 0 Å². The Bertz CT molecular complexity index is 905. The molecule has 3 amide bonds. The molecule has 1 aromatic carbocycles. The van der Waals surface area contributed by atoms with Crippen LogP contribution in [-0.2, 0) is 14.3 Å². The minimum absolute atomic E-state index is 0.134. The molecule has 0 aliphatic carbocycles. The zero-order valence-electron chi connectivity index (χ0n) is 18.6. The number of amides is 3. The molecule has 9 heteroatoms. The average Bonchev–Trinajstić information content (AvgIpc) is 2.96. The molecule has 0 radical (unpaired) electrons. The maximum Gasteiger partial charge on any atom is 0.410 e. The summed E-state index contributed by atoms with van der Waals surface area (Å²) in [6, 6.07) is 5.62. The van der Waals surface area contributed by atoms with Gasteiger partial charge in [0.05, 0.1) is 5.69 Å². The maximum absolute atomic E-state index is 13.0. The summed E-state index contributed by atoms with van der Waals surface area (Å²) in [5.74, 6) is -0.424. The number of ether oxygens (including phenoxy) is 1. The molecule has 0 N–H and O–H groups in total. The Hall–Kier alpha value is -2.13. The van der Waals surface area contributed by atoms with Gasteiger partial charge >= 0.3 is 6.09 Å². The number of nitrogens with zero attached hydrogens (tertiary/aromatic N) is 3. The molecule has 2 saturated heterocycles. The number of aryl methyl sites for hydroxylation is 1. The van der Waals surface area contributed by atoms with Crippen LogP contribution in [-0.4, -0.2) is 69.1 Å². The van der Waals surface area contributed by atoms with Crippen LogP contribution in [0.3, 0.4) is 0 Å². The summed E-state index contributed by atoms with van der Waals surface area (Å²) < 4.78 is 6.00. The van der Waals surface area contributed by atoms with Crippen molar-refractivity contribution < 1.29 is 19.1 Å². The van der Waals surface area contributed by atoms with Crippen molar-refractivity contribution in [1.82, 2.24) is 9.80 Å². The highest BCUT2D eigenvalue weighted by Crippen LogP contribution is 2.33. The number of thiocarbonyl (C=S) groups is 1. The smallest absolute Gasteiger partial charge is 0.410 e. The third kappa shape index (κ3) is 5.38. The van der Waals surface area contributed by atoms with Crippen LogP contribution in [0.25, 0.3) is 0 Å². The van der Waals surface area contributed by atoms with Crippen molar-refractivity contribution in [2.24, 2.45) is 0 Å². The lowest BCUT2D eigenvalue weighted by molar-refractivity contribution is -0.121. The van der Waals surface area contributed by atoms with Crippen LogP contribution in [0.4, 0.5) is 10.5 Å². The Morgan fingerprint density at radius 2 is 1.71 bits per heavy atom.